The summed E-state index contributed by atoms with van der Waals surface area (Å²) in [6, 6.07) is 61.0. The largest absolute Gasteiger partial charge is 0.457 e. The van der Waals surface area contributed by atoms with Gasteiger partial charge in [0.05, 0.1) is 34.4 Å². The van der Waals surface area contributed by atoms with Gasteiger partial charge in [-0.2, -0.15) is 0 Å². The number of fused-ring (bicyclic) bond motifs is 4. The summed E-state index contributed by atoms with van der Waals surface area (Å²) in [5.74, 6) is 2.36. The molecule has 0 fully saturated rings. The summed E-state index contributed by atoms with van der Waals surface area (Å²) >= 11 is 0. The predicted octanol–water partition coefficient (Wildman–Crippen LogP) is 11.3. The number of nitrogens with zero attached hydrogens (tertiary/aromatic N) is 5. The molecule has 0 N–H and O–H groups in total. The van der Waals surface area contributed by atoms with Gasteiger partial charge in [0.25, 0.3) is 0 Å². The fourth-order valence-electron chi connectivity index (χ4n) is 7.42. The Balaban J connectivity index is 1.00. The van der Waals surface area contributed by atoms with Gasteiger partial charge < -0.3 is 14.5 Å². The van der Waals surface area contributed by atoms with Crippen LogP contribution < -0.4 is 14.5 Å². The normalized spacial score (nSPS) is 12.8. The Bertz CT molecular complexity index is 2760. The van der Waals surface area contributed by atoms with Crippen molar-refractivity contribution >= 4 is 44.2 Å². The molecule has 0 bridgehead atoms. The van der Waals surface area contributed by atoms with Gasteiger partial charge in [-0.3, -0.25) is 9.13 Å². The molecule has 1 aliphatic heterocycles. The number of anilines is 2. The van der Waals surface area contributed by atoms with Crippen LogP contribution in [0.1, 0.15) is 0 Å². The lowest BCUT2D eigenvalue weighted by molar-refractivity contribution is 0.483. The smallest absolute Gasteiger partial charge is 0.220 e. The summed E-state index contributed by atoms with van der Waals surface area (Å²) in [7, 11) is 0. The first-order chi connectivity index (χ1) is 25.8. The number of aromatic nitrogens is 3. The molecule has 3 heterocycles. The third kappa shape index (κ3) is 5.08. The summed E-state index contributed by atoms with van der Waals surface area (Å²) in [6.07, 6.45) is 4.27. The van der Waals surface area contributed by atoms with E-state index in [0.29, 0.717) is 6.67 Å². The summed E-state index contributed by atoms with van der Waals surface area (Å²) in [5.41, 5.74) is 9.80. The van der Waals surface area contributed by atoms with Crippen LogP contribution in [0.5, 0.6) is 11.5 Å². The lowest BCUT2D eigenvalue weighted by atomic mass is 10.0. The molecular formula is C46H33N5O. The van der Waals surface area contributed by atoms with Crippen molar-refractivity contribution < 1.29 is 4.74 Å². The van der Waals surface area contributed by atoms with E-state index in [0.717, 1.165) is 61.7 Å². The lowest BCUT2D eigenvalue weighted by Gasteiger charge is -2.24. The lowest BCUT2D eigenvalue weighted by Crippen LogP contribution is -2.24. The fraction of sp³-hybridized carbons (Fsp3) is 0.0217. The van der Waals surface area contributed by atoms with Crippen LogP contribution in [0.15, 0.2) is 188 Å². The second kappa shape index (κ2) is 12.4. The molecule has 0 aliphatic carbocycles. The number of imidazole rings is 1. The zero-order chi connectivity index (χ0) is 34.4. The van der Waals surface area contributed by atoms with Gasteiger partial charge in [-0.05, 0) is 66.2 Å². The molecule has 52 heavy (non-hydrogen) atoms. The minimum Gasteiger partial charge on any atom is -0.457 e. The molecule has 0 saturated carbocycles. The molecule has 2 aromatic heterocycles. The number of benzene rings is 7. The SMILES string of the molecule is C1=CN(c2ccccc2-c2ccccc2)CN1c1cccc(Oc2ccc3c4ccccc4n(-c4nc5ccccc5n4-c4ccccc4)c3c2)c1. The van der Waals surface area contributed by atoms with Crippen LogP contribution in [0.2, 0.25) is 0 Å². The zero-order valence-corrected chi connectivity index (χ0v) is 28.2. The summed E-state index contributed by atoms with van der Waals surface area (Å²) in [6.45, 7) is 0.696. The van der Waals surface area contributed by atoms with Crippen molar-refractivity contribution in [1.82, 2.24) is 14.1 Å². The molecule has 9 aromatic rings. The van der Waals surface area contributed by atoms with Crippen molar-refractivity contribution in [3.8, 4) is 34.3 Å². The van der Waals surface area contributed by atoms with Crippen LogP contribution in [-0.4, -0.2) is 20.8 Å². The monoisotopic (exact) mass is 671 g/mol. The Morgan fingerprint density at radius 3 is 2.02 bits per heavy atom. The van der Waals surface area contributed by atoms with Gasteiger partial charge in [0.1, 0.15) is 11.5 Å². The maximum Gasteiger partial charge on any atom is 0.220 e. The first kappa shape index (κ1) is 29.8. The number of rotatable bonds is 7. The van der Waals surface area contributed by atoms with Crippen molar-refractivity contribution in [3.63, 3.8) is 0 Å². The fourth-order valence-corrected chi connectivity index (χ4v) is 7.42. The van der Waals surface area contributed by atoms with Crippen molar-refractivity contribution in [2.45, 2.75) is 0 Å². The van der Waals surface area contributed by atoms with E-state index >= 15 is 0 Å². The van der Waals surface area contributed by atoms with E-state index in [1.165, 1.54) is 16.8 Å². The molecule has 7 aromatic carbocycles. The molecule has 0 saturated heterocycles. The molecule has 10 rings (SSSR count). The van der Waals surface area contributed by atoms with Gasteiger partial charge in [0, 0.05) is 52.2 Å². The second-order valence-corrected chi connectivity index (χ2v) is 13.0. The quantitative estimate of drug-likeness (QED) is 0.169. The van der Waals surface area contributed by atoms with Crippen molar-refractivity contribution in [2.24, 2.45) is 0 Å². The highest BCUT2D eigenvalue weighted by Crippen LogP contribution is 2.38. The molecule has 0 unspecified atom stereocenters. The molecule has 6 heteroatoms. The Kier molecular flexibility index (Phi) is 7.10. The van der Waals surface area contributed by atoms with Crippen LogP contribution in [0.4, 0.5) is 11.4 Å². The highest BCUT2D eigenvalue weighted by molar-refractivity contribution is 6.09. The minimum atomic E-state index is 0.696. The summed E-state index contributed by atoms with van der Waals surface area (Å²) < 4.78 is 11.1. The van der Waals surface area contributed by atoms with Gasteiger partial charge in [0.2, 0.25) is 5.95 Å². The number of ether oxygens (including phenoxy) is 1. The van der Waals surface area contributed by atoms with Gasteiger partial charge in [-0.15, -0.1) is 0 Å². The second-order valence-electron chi connectivity index (χ2n) is 13.0. The van der Waals surface area contributed by atoms with E-state index in [2.05, 4.69) is 189 Å². The molecule has 1 aliphatic rings. The first-order valence-electron chi connectivity index (χ1n) is 17.5. The van der Waals surface area contributed by atoms with Crippen molar-refractivity contribution in [1.29, 1.82) is 0 Å². The standard InChI is InChI=1S/C46H33N5O/c1-3-14-33(15-4-1)38-20-7-10-23-42(38)49-29-28-48(32-49)35-18-13-19-36(30-35)52-37-26-27-40-39-21-8-11-24-43(39)51(45(40)31-37)46-47-41-22-9-12-25-44(41)50(46)34-16-5-2-6-17-34/h1-31H,32H2. The topological polar surface area (TPSA) is 38.5 Å². The van der Waals surface area contributed by atoms with E-state index < -0.39 is 0 Å². The highest BCUT2D eigenvalue weighted by Gasteiger charge is 2.21. The first-order valence-corrected chi connectivity index (χ1v) is 17.5. The van der Waals surface area contributed by atoms with Crippen LogP contribution in [0, 0.1) is 0 Å². The maximum absolute atomic E-state index is 6.63. The summed E-state index contributed by atoms with van der Waals surface area (Å²) in [4.78, 5) is 9.74. The van der Waals surface area contributed by atoms with Crippen molar-refractivity contribution in [3.05, 3.63) is 188 Å². The Labute approximate surface area is 301 Å². The average Bonchev–Trinajstić information content (AvgIpc) is 3.93. The van der Waals surface area contributed by atoms with Crippen molar-refractivity contribution in [2.75, 3.05) is 16.5 Å². The Morgan fingerprint density at radius 2 is 1.13 bits per heavy atom. The third-order valence-corrected chi connectivity index (χ3v) is 9.82. The number of para-hydroxylation sites is 5. The molecule has 0 spiro atoms. The van der Waals surface area contributed by atoms with E-state index in [4.69, 9.17) is 9.72 Å². The number of hydrogen-bond donors (Lipinski definition) is 0. The van der Waals surface area contributed by atoms with Crippen LogP contribution in [0.3, 0.4) is 0 Å². The predicted molar refractivity (Wildman–Crippen MR) is 213 cm³/mol. The van der Waals surface area contributed by atoms with E-state index in [9.17, 15) is 0 Å². The highest BCUT2D eigenvalue weighted by atomic mass is 16.5. The molecule has 248 valence electrons. The third-order valence-electron chi connectivity index (χ3n) is 9.82. The van der Waals surface area contributed by atoms with Gasteiger partial charge in [-0.25, -0.2) is 4.98 Å². The van der Waals surface area contributed by atoms with E-state index in [-0.39, 0.29) is 0 Å². The molecule has 0 radical (unpaired) electrons. The summed E-state index contributed by atoms with van der Waals surface area (Å²) in [5, 5.41) is 2.30. The van der Waals surface area contributed by atoms with Gasteiger partial charge in [-0.1, -0.05) is 103 Å². The van der Waals surface area contributed by atoms with Gasteiger partial charge in [0.15, 0.2) is 0 Å². The Morgan fingerprint density at radius 1 is 0.462 bits per heavy atom. The van der Waals surface area contributed by atoms with E-state index in [1.807, 2.05) is 18.2 Å². The molecular weight excluding hydrogens is 639 g/mol. The molecule has 0 atom stereocenters. The number of hydrogen-bond acceptors (Lipinski definition) is 4. The van der Waals surface area contributed by atoms with Gasteiger partial charge >= 0.3 is 0 Å². The molecule has 0 amide bonds. The Hall–Kier alpha value is -7.05. The van der Waals surface area contributed by atoms with Crippen LogP contribution in [-0.2, 0) is 0 Å². The maximum atomic E-state index is 6.63. The zero-order valence-electron chi connectivity index (χ0n) is 28.2. The van der Waals surface area contributed by atoms with Crippen LogP contribution in [0.25, 0.3) is 55.6 Å². The average molecular weight is 672 g/mol. The van der Waals surface area contributed by atoms with E-state index in [1.54, 1.807) is 0 Å². The minimum absolute atomic E-state index is 0.696. The molecule has 6 nitrogen and oxygen atoms in total. The van der Waals surface area contributed by atoms with Crippen LogP contribution >= 0.6 is 0 Å².